The molecule has 3 N–H and O–H groups in total. The Morgan fingerprint density at radius 2 is 1.83 bits per heavy atom. The van der Waals surface area contributed by atoms with E-state index in [0.717, 1.165) is 12.8 Å². The molecule has 0 amide bonds. The summed E-state index contributed by atoms with van der Waals surface area (Å²) in [5.41, 5.74) is 4.36. The van der Waals surface area contributed by atoms with Crippen LogP contribution in [0.3, 0.4) is 0 Å². The SMILES string of the molecule is CC(C)(C)OC(=O)C(N)CC1(C(=O)O)CCCC1. The molecule has 1 unspecified atom stereocenters. The lowest BCUT2D eigenvalue weighted by Gasteiger charge is -2.28. The summed E-state index contributed by atoms with van der Waals surface area (Å²) in [6, 6.07) is -0.863. The van der Waals surface area contributed by atoms with Crippen molar-refractivity contribution >= 4 is 11.9 Å². The number of carboxylic acids is 1. The average molecular weight is 257 g/mol. The van der Waals surface area contributed by atoms with Gasteiger partial charge in [-0.15, -0.1) is 0 Å². The number of esters is 1. The monoisotopic (exact) mass is 257 g/mol. The second-order valence-corrected chi connectivity index (χ2v) is 6.14. The summed E-state index contributed by atoms with van der Waals surface area (Å²) in [6.07, 6.45) is 3.12. The third-order valence-electron chi connectivity index (χ3n) is 3.33. The summed E-state index contributed by atoms with van der Waals surface area (Å²) in [6.45, 7) is 5.29. The van der Waals surface area contributed by atoms with Gasteiger partial charge in [0.1, 0.15) is 11.6 Å². The number of nitrogens with two attached hydrogens (primary N) is 1. The predicted molar refractivity (Wildman–Crippen MR) is 67.0 cm³/mol. The van der Waals surface area contributed by atoms with Crippen molar-refractivity contribution in [3.63, 3.8) is 0 Å². The van der Waals surface area contributed by atoms with E-state index in [-0.39, 0.29) is 6.42 Å². The first-order chi connectivity index (χ1) is 8.16. The fourth-order valence-electron chi connectivity index (χ4n) is 2.44. The van der Waals surface area contributed by atoms with Gasteiger partial charge in [-0.25, -0.2) is 0 Å². The number of carbonyl (C=O) groups excluding carboxylic acids is 1. The van der Waals surface area contributed by atoms with Crippen LogP contribution in [0.4, 0.5) is 0 Å². The maximum absolute atomic E-state index is 11.8. The molecule has 0 heterocycles. The van der Waals surface area contributed by atoms with Gasteiger partial charge in [0.25, 0.3) is 0 Å². The van der Waals surface area contributed by atoms with Gasteiger partial charge in [-0.3, -0.25) is 9.59 Å². The van der Waals surface area contributed by atoms with Crippen molar-refractivity contribution in [2.45, 2.75) is 64.5 Å². The van der Waals surface area contributed by atoms with Gasteiger partial charge in [0.05, 0.1) is 5.41 Å². The smallest absolute Gasteiger partial charge is 0.323 e. The van der Waals surface area contributed by atoms with E-state index < -0.39 is 29.0 Å². The molecule has 0 bridgehead atoms. The van der Waals surface area contributed by atoms with Crippen LogP contribution in [-0.2, 0) is 14.3 Å². The van der Waals surface area contributed by atoms with Gasteiger partial charge in [0.2, 0.25) is 0 Å². The fourth-order valence-corrected chi connectivity index (χ4v) is 2.44. The van der Waals surface area contributed by atoms with E-state index in [1.165, 1.54) is 0 Å². The minimum absolute atomic E-state index is 0.164. The molecule has 0 spiro atoms. The number of carboxylic acid groups (broad SMARTS) is 1. The van der Waals surface area contributed by atoms with E-state index in [1.54, 1.807) is 20.8 Å². The number of hydrogen-bond acceptors (Lipinski definition) is 4. The zero-order chi connectivity index (χ0) is 14.0. The number of aliphatic carboxylic acids is 1. The van der Waals surface area contributed by atoms with E-state index in [0.29, 0.717) is 12.8 Å². The Hall–Kier alpha value is -1.10. The quantitative estimate of drug-likeness (QED) is 0.748. The summed E-state index contributed by atoms with van der Waals surface area (Å²) < 4.78 is 5.18. The molecule has 5 nitrogen and oxygen atoms in total. The summed E-state index contributed by atoms with van der Waals surface area (Å²) >= 11 is 0. The van der Waals surface area contributed by atoms with E-state index in [2.05, 4.69) is 0 Å². The summed E-state index contributed by atoms with van der Waals surface area (Å²) in [4.78, 5) is 23.1. The maximum atomic E-state index is 11.8. The summed E-state index contributed by atoms with van der Waals surface area (Å²) in [7, 11) is 0. The lowest BCUT2D eigenvalue weighted by molar-refractivity contribution is -0.159. The first kappa shape index (κ1) is 15.0. The van der Waals surface area contributed by atoms with Crippen molar-refractivity contribution < 1.29 is 19.4 Å². The molecule has 0 aromatic carbocycles. The molecular weight excluding hydrogens is 234 g/mol. The van der Waals surface area contributed by atoms with Gasteiger partial charge >= 0.3 is 11.9 Å². The Balaban J connectivity index is 2.65. The van der Waals surface area contributed by atoms with Crippen LogP contribution in [0.15, 0.2) is 0 Å². The normalized spacial score (nSPS) is 20.4. The lowest BCUT2D eigenvalue weighted by Crippen LogP contribution is -2.43. The van der Waals surface area contributed by atoms with Gasteiger partial charge in [0.15, 0.2) is 0 Å². The number of ether oxygens (including phenoxy) is 1. The molecule has 5 heteroatoms. The van der Waals surface area contributed by atoms with Crippen LogP contribution in [0.5, 0.6) is 0 Å². The van der Waals surface area contributed by atoms with Crippen LogP contribution >= 0.6 is 0 Å². The second kappa shape index (κ2) is 5.26. The van der Waals surface area contributed by atoms with Crippen LogP contribution in [0.2, 0.25) is 0 Å². The molecule has 0 aromatic rings. The predicted octanol–water partition coefficient (Wildman–Crippen LogP) is 1.69. The van der Waals surface area contributed by atoms with Crippen LogP contribution in [-0.4, -0.2) is 28.7 Å². The lowest BCUT2D eigenvalue weighted by atomic mass is 9.80. The number of hydrogen-bond donors (Lipinski definition) is 2. The molecule has 1 atom stereocenters. The minimum atomic E-state index is -0.863. The zero-order valence-electron chi connectivity index (χ0n) is 11.4. The van der Waals surface area contributed by atoms with Crippen LogP contribution in [0, 0.1) is 5.41 Å². The molecule has 1 aliphatic carbocycles. The van der Waals surface area contributed by atoms with Crippen molar-refractivity contribution in [3.05, 3.63) is 0 Å². The van der Waals surface area contributed by atoms with Crippen LogP contribution < -0.4 is 5.73 Å². The Bertz CT molecular complexity index is 326. The Labute approximate surface area is 108 Å². The highest BCUT2D eigenvalue weighted by Crippen LogP contribution is 2.42. The van der Waals surface area contributed by atoms with Gasteiger partial charge in [-0.2, -0.15) is 0 Å². The maximum Gasteiger partial charge on any atom is 0.323 e. The van der Waals surface area contributed by atoms with Gasteiger partial charge in [-0.05, 0) is 40.0 Å². The van der Waals surface area contributed by atoms with Gasteiger partial charge in [-0.1, -0.05) is 12.8 Å². The summed E-state index contributed by atoms with van der Waals surface area (Å²) in [5.74, 6) is -1.37. The molecule has 0 aromatic heterocycles. The van der Waals surface area contributed by atoms with Crippen molar-refractivity contribution in [2.75, 3.05) is 0 Å². The number of carbonyl (C=O) groups is 2. The topological polar surface area (TPSA) is 89.6 Å². The molecule has 18 heavy (non-hydrogen) atoms. The fraction of sp³-hybridized carbons (Fsp3) is 0.846. The molecule has 104 valence electrons. The van der Waals surface area contributed by atoms with E-state index in [9.17, 15) is 14.7 Å². The van der Waals surface area contributed by atoms with E-state index >= 15 is 0 Å². The van der Waals surface area contributed by atoms with Gasteiger partial charge < -0.3 is 15.6 Å². The van der Waals surface area contributed by atoms with Crippen molar-refractivity contribution in [3.8, 4) is 0 Å². The number of rotatable bonds is 4. The first-order valence-electron chi connectivity index (χ1n) is 6.38. The van der Waals surface area contributed by atoms with Gasteiger partial charge in [0, 0.05) is 0 Å². The Kier molecular flexibility index (Phi) is 4.37. The molecule has 0 radical (unpaired) electrons. The standard InChI is InChI=1S/C13H23NO4/c1-12(2,3)18-10(15)9(14)8-13(11(16)17)6-4-5-7-13/h9H,4-8,14H2,1-3H3,(H,16,17). The molecular formula is C13H23NO4. The Morgan fingerprint density at radius 1 is 1.33 bits per heavy atom. The highest BCUT2D eigenvalue weighted by atomic mass is 16.6. The highest BCUT2D eigenvalue weighted by Gasteiger charge is 2.44. The molecule has 1 saturated carbocycles. The van der Waals surface area contributed by atoms with Crippen LogP contribution in [0.25, 0.3) is 0 Å². The van der Waals surface area contributed by atoms with Crippen molar-refractivity contribution in [2.24, 2.45) is 11.1 Å². The third-order valence-corrected chi connectivity index (χ3v) is 3.33. The zero-order valence-corrected chi connectivity index (χ0v) is 11.4. The average Bonchev–Trinajstić information content (AvgIpc) is 2.64. The second-order valence-electron chi connectivity index (χ2n) is 6.14. The largest absolute Gasteiger partial charge is 0.481 e. The summed E-state index contributed by atoms with van der Waals surface area (Å²) in [5, 5.41) is 9.32. The highest BCUT2D eigenvalue weighted by molar-refractivity contribution is 5.79. The van der Waals surface area contributed by atoms with E-state index in [4.69, 9.17) is 10.5 Å². The van der Waals surface area contributed by atoms with Crippen molar-refractivity contribution in [1.29, 1.82) is 0 Å². The van der Waals surface area contributed by atoms with Crippen LogP contribution in [0.1, 0.15) is 52.9 Å². The molecule has 1 aliphatic rings. The molecule has 1 rings (SSSR count). The first-order valence-corrected chi connectivity index (χ1v) is 6.38. The Morgan fingerprint density at radius 3 is 2.22 bits per heavy atom. The van der Waals surface area contributed by atoms with E-state index in [1.807, 2.05) is 0 Å². The molecule has 1 fully saturated rings. The minimum Gasteiger partial charge on any atom is -0.481 e. The van der Waals surface area contributed by atoms with Crippen molar-refractivity contribution in [1.82, 2.24) is 0 Å². The molecule has 0 aliphatic heterocycles. The third kappa shape index (κ3) is 3.70. The molecule has 0 saturated heterocycles.